The summed E-state index contributed by atoms with van der Waals surface area (Å²) in [5.74, 6) is 1.87. The van der Waals surface area contributed by atoms with E-state index in [9.17, 15) is 4.79 Å². The number of amides is 1. The number of carbonyl (C=O) groups is 1. The molecule has 1 heterocycles. The van der Waals surface area contributed by atoms with Gasteiger partial charge in [-0.1, -0.05) is 25.1 Å². The lowest BCUT2D eigenvalue weighted by Crippen LogP contribution is -2.43. The molecule has 0 saturated heterocycles. The van der Waals surface area contributed by atoms with E-state index in [1.54, 1.807) is 0 Å². The SMILES string of the molecule is CC1CCC(NC(=O)C2COc3ccccc3C2)CC1. The molecule has 2 aliphatic rings. The fraction of sp³-hybridized carbons (Fsp3) is 0.588. The normalized spacial score (nSPS) is 29.1. The molecule has 1 unspecified atom stereocenters. The van der Waals surface area contributed by atoms with Gasteiger partial charge >= 0.3 is 0 Å². The minimum atomic E-state index is -0.0377. The molecule has 1 N–H and O–H groups in total. The Hall–Kier alpha value is -1.51. The van der Waals surface area contributed by atoms with Crippen LogP contribution in [-0.4, -0.2) is 18.6 Å². The van der Waals surface area contributed by atoms with Crippen LogP contribution in [0.4, 0.5) is 0 Å². The van der Waals surface area contributed by atoms with Gasteiger partial charge in [0.15, 0.2) is 0 Å². The summed E-state index contributed by atoms with van der Waals surface area (Å²) in [6.07, 6.45) is 5.50. The lowest BCUT2D eigenvalue weighted by molar-refractivity contribution is -0.127. The van der Waals surface area contributed by atoms with Gasteiger partial charge in [0.05, 0.1) is 5.92 Å². The summed E-state index contributed by atoms with van der Waals surface area (Å²) in [7, 11) is 0. The molecule has 3 rings (SSSR count). The number of benzene rings is 1. The van der Waals surface area contributed by atoms with Crippen molar-refractivity contribution in [1.82, 2.24) is 5.32 Å². The smallest absolute Gasteiger partial charge is 0.227 e. The van der Waals surface area contributed by atoms with Crippen LogP contribution >= 0.6 is 0 Å². The number of hydrogen-bond donors (Lipinski definition) is 1. The molecule has 0 bridgehead atoms. The van der Waals surface area contributed by atoms with Crippen molar-refractivity contribution in [1.29, 1.82) is 0 Å². The Balaban J connectivity index is 1.56. The molecule has 1 saturated carbocycles. The Morgan fingerprint density at radius 1 is 1.20 bits per heavy atom. The van der Waals surface area contributed by atoms with E-state index < -0.39 is 0 Å². The number of hydrogen-bond acceptors (Lipinski definition) is 2. The van der Waals surface area contributed by atoms with Crippen LogP contribution in [0.5, 0.6) is 5.75 Å². The van der Waals surface area contributed by atoms with Gasteiger partial charge in [-0.2, -0.15) is 0 Å². The van der Waals surface area contributed by atoms with E-state index in [-0.39, 0.29) is 11.8 Å². The molecule has 1 aliphatic heterocycles. The van der Waals surface area contributed by atoms with E-state index in [0.717, 1.165) is 36.5 Å². The zero-order valence-electron chi connectivity index (χ0n) is 12.1. The first-order valence-electron chi connectivity index (χ1n) is 7.73. The van der Waals surface area contributed by atoms with Crippen LogP contribution in [0.2, 0.25) is 0 Å². The highest BCUT2D eigenvalue weighted by Gasteiger charge is 2.28. The Labute approximate surface area is 120 Å². The largest absolute Gasteiger partial charge is 0.492 e. The van der Waals surface area contributed by atoms with Crippen molar-refractivity contribution in [2.24, 2.45) is 11.8 Å². The van der Waals surface area contributed by atoms with Crippen LogP contribution in [0.3, 0.4) is 0 Å². The van der Waals surface area contributed by atoms with Crippen LogP contribution in [0.1, 0.15) is 38.2 Å². The second-order valence-electron chi connectivity index (χ2n) is 6.29. The molecule has 0 spiro atoms. The lowest BCUT2D eigenvalue weighted by atomic mass is 9.87. The third-order valence-electron chi connectivity index (χ3n) is 4.61. The topological polar surface area (TPSA) is 38.3 Å². The quantitative estimate of drug-likeness (QED) is 0.899. The minimum Gasteiger partial charge on any atom is -0.492 e. The van der Waals surface area contributed by atoms with Crippen molar-refractivity contribution < 1.29 is 9.53 Å². The molecule has 3 heteroatoms. The predicted octanol–water partition coefficient (Wildman–Crippen LogP) is 2.93. The van der Waals surface area contributed by atoms with Gasteiger partial charge in [0.1, 0.15) is 12.4 Å². The van der Waals surface area contributed by atoms with Gasteiger partial charge in [-0.05, 0) is 49.7 Å². The fourth-order valence-corrected chi connectivity index (χ4v) is 3.22. The number of fused-ring (bicyclic) bond motifs is 1. The fourth-order valence-electron chi connectivity index (χ4n) is 3.22. The summed E-state index contributed by atoms with van der Waals surface area (Å²) in [6.45, 7) is 2.80. The third kappa shape index (κ3) is 2.97. The summed E-state index contributed by atoms with van der Waals surface area (Å²) in [5.41, 5.74) is 1.15. The second kappa shape index (κ2) is 5.86. The average Bonchev–Trinajstić information content (AvgIpc) is 2.49. The molecular formula is C17H23NO2. The van der Waals surface area contributed by atoms with Gasteiger partial charge in [0, 0.05) is 6.04 Å². The van der Waals surface area contributed by atoms with Crippen LogP contribution in [0, 0.1) is 11.8 Å². The van der Waals surface area contributed by atoms with Gasteiger partial charge in [-0.3, -0.25) is 4.79 Å². The summed E-state index contributed by atoms with van der Waals surface area (Å²) in [5, 5.41) is 3.22. The molecule has 20 heavy (non-hydrogen) atoms. The van der Waals surface area contributed by atoms with Crippen LogP contribution in [0.15, 0.2) is 24.3 Å². The van der Waals surface area contributed by atoms with E-state index in [2.05, 4.69) is 18.3 Å². The van der Waals surface area contributed by atoms with E-state index >= 15 is 0 Å². The minimum absolute atomic E-state index is 0.0377. The average molecular weight is 273 g/mol. The lowest BCUT2D eigenvalue weighted by Gasteiger charge is -2.30. The predicted molar refractivity (Wildman–Crippen MR) is 78.7 cm³/mol. The molecule has 0 radical (unpaired) electrons. The second-order valence-corrected chi connectivity index (χ2v) is 6.29. The van der Waals surface area contributed by atoms with Crippen LogP contribution in [-0.2, 0) is 11.2 Å². The first-order valence-corrected chi connectivity index (χ1v) is 7.73. The molecule has 3 nitrogen and oxygen atoms in total. The van der Waals surface area contributed by atoms with Crippen molar-refractivity contribution in [2.45, 2.75) is 45.1 Å². The Bertz CT molecular complexity index is 478. The Kier molecular flexibility index (Phi) is 3.95. The van der Waals surface area contributed by atoms with Gasteiger partial charge in [0.2, 0.25) is 5.91 Å². The first-order chi connectivity index (χ1) is 9.72. The monoisotopic (exact) mass is 273 g/mol. The maximum absolute atomic E-state index is 12.4. The van der Waals surface area contributed by atoms with E-state index in [1.165, 1.54) is 12.8 Å². The molecule has 1 atom stereocenters. The maximum atomic E-state index is 12.4. The number of para-hydroxylation sites is 1. The van der Waals surface area contributed by atoms with E-state index in [1.807, 2.05) is 18.2 Å². The van der Waals surface area contributed by atoms with E-state index in [4.69, 9.17) is 4.74 Å². The van der Waals surface area contributed by atoms with E-state index in [0.29, 0.717) is 12.6 Å². The molecular weight excluding hydrogens is 250 g/mol. The van der Waals surface area contributed by atoms with Crippen molar-refractivity contribution in [3.63, 3.8) is 0 Å². The number of nitrogens with one attached hydrogen (secondary N) is 1. The molecule has 1 amide bonds. The van der Waals surface area contributed by atoms with Crippen molar-refractivity contribution in [3.05, 3.63) is 29.8 Å². The van der Waals surface area contributed by atoms with Crippen LogP contribution < -0.4 is 10.1 Å². The Morgan fingerprint density at radius 3 is 2.75 bits per heavy atom. The standard InChI is InChI=1S/C17H23NO2/c1-12-6-8-15(9-7-12)18-17(19)14-10-13-4-2-3-5-16(13)20-11-14/h2-5,12,14-15H,6-11H2,1H3,(H,18,19). The third-order valence-corrected chi connectivity index (χ3v) is 4.61. The highest BCUT2D eigenvalue weighted by Crippen LogP contribution is 2.28. The van der Waals surface area contributed by atoms with Gasteiger partial charge < -0.3 is 10.1 Å². The molecule has 1 aromatic carbocycles. The maximum Gasteiger partial charge on any atom is 0.227 e. The summed E-state index contributed by atoms with van der Waals surface area (Å²) >= 11 is 0. The zero-order valence-corrected chi connectivity index (χ0v) is 12.1. The molecule has 1 aliphatic carbocycles. The molecule has 1 fully saturated rings. The first kappa shape index (κ1) is 13.5. The van der Waals surface area contributed by atoms with Crippen LogP contribution in [0.25, 0.3) is 0 Å². The summed E-state index contributed by atoms with van der Waals surface area (Å²) < 4.78 is 5.70. The zero-order chi connectivity index (χ0) is 13.9. The number of carbonyl (C=O) groups excluding carboxylic acids is 1. The highest BCUT2D eigenvalue weighted by atomic mass is 16.5. The molecule has 1 aromatic rings. The van der Waals surface area contributed by atoms with Gasteiger partial charge in [-0.15, -0.1) is 0 Å². The summed E-state index contributed by atoms with van der Waals surface area (Å²) in [4.78, 5) is 12.4. The van der Waals surface area contributed by atoms with Crippen molar-refractivity contribution in [2.75, 3.05) is 6.61 Å². The number of ether oxygens (including phenoxy) is 1. The van der Waals surface area contributed by atoms with Gasteiger partial charge in [-0.25, -0.2) is 0 Å². The molecule has 0 aromatic heterocycles. The summed E-state index contributed by atoms with van der Waals surface area (Å²) in [6, 6.07) is 8.38. The Morgan fingerprint density at radius 2 is 1.95 bits per heavy atom. The highest BCUT2D eigenvalue weighted by molar-refractivity contribution is 5.79. The van der Waals surface area contributed by atoms with Crippen molar-refractivity contribution in [3.8, 4) is 5.75 Å². The van der Waals surface area contributed by atoms with Crippen molar-refractivity contribution >= 4 is 5.91 Å². The molecule has 108 valence electrons. The number of rotatable bonds is 2. The van der Waals surface area contributed by atoms with Gasteiger partial charge in [0.25, 0.3) is 0 Å².